The number of nitrogens with one attached hydrogen (secondary N) is 1. The van der Waals surface area contributed by atoms with E-state index >= 15 is 0 Å². The van der Waals surface area contributed by atoms with Crippen molar-refractivity contribution in [1.29, 1.82) is 0 Å². The molecule has 20 heavy (non-hydrogen) atoms. The summed E-state index contributed by atoms with van der Waals surface area (Å²) in [6.07, 6.45) is 2.15. The summed E-state index contributed by atoms with van der Waals surface area (Å²) >= 11 is 0. The Morgan fingerprint density at radius 3 is 2.60 bits per heavy atom. The van der Waals surface area contributed by atoms with Crippen molar-refractivity contribution in [2.75, 3.05) is 5.32 Å². The quantitative estimate of drug-likeness (QED) is 0.813. The van der Waals surface area contributed by atoms with Crippen molar-refractivity contribution >= 4 is 17.3 Å². The molecule has 2 rings (SSSR count). The molecule has 0 unspecified atom stereocenters. The summed E-state index contributed by atoms with van der Waals surface area (Å²) in [5.74, 6) is -0.196. The topological polar surface area (TPSA) is 33.5 Å². The lowest BCUT2D eigenvalue weighted by Gasteiger charge is -2.06. The van der Waals surface area contributed by atoms with Crippen LogP contribution in [0, 0.1) is 6.57 Å². The molecule has 0 fully saturated rings. The van der Waals surface area contributed by atoms with Crippen LogP contribution in [-0.4, -0.2) is 5.91 Å². The molecule has 0 bridgehead atoms. The van der Waals surface area contributed by atoms with E-state index in [0.29, 0.717) is 11.3 Å². The summed E-state index contributed by atoms with van der Waals surface area (Å²) in [6.45, 7) is 9.10. The number of rotatable bonds is 4. The van der Waals surface area contributed by atoms with Crippen LogP contribution >= 0.6 is 0 Å². The molecular weight excluding hydrogens is 248 g/mol. The van der Waals surface area contributed by atoms with Crippen LogP contribution in [0.15, 0.2) is 48.5 Å². The number of aryl methyl sites for hydroxylation is 1. The van der Waals surface area contributed by atoms with Crippen LogP contribution in [0.1, 0.15) is 29.3 Å². The highest BCUT2D eigenvalue weighted by Gasteiger charge is 2.06. The Labute approximate surface area is 119 Å². The number of hydrogen-bond donors (Lipinski definition) is 1. The van der Waals surface area contributed by atoms with E-state index in [-0.39, 0.29) is 5.91 Å². The fourth-order valence-corrected chi connectivity index (χ4v) is 1.96. The summed E-state index contributed by atoms with van der Waals surface area (Å²) in [4.78, 5) is 15.4. The Balaban J connectivity index is 2.09. The second-order valence-corrected chi connectivity index (χ2v) is 4.56. The van der Waals surface area contributed by atoms with Crippen molar-refractivity contribution in [3.8, 4) is 0 Å². The number of nitrogens with zero attached hydrogens (tertiary/aromatic N) is 1. The van der Waals surface area contributed by atoms with Crippen LogP contribution in [-0.2, 0) is 6.42 Å². The number of hydrogen-bond acceptors (Lipinski definition) is 1. The number of amides is 1. The molecule has 100 valence electrons. The average Bonchev–Trinajstić information content (AvgIpc) is 2.49. The van der Waals surface area contributed by atoms with Gasteiger partial charge in [0.1, 0.15) is 0 Å². The molecule has 0 spiro atoms. The molecule has 0 saturated carbocycles. The normalized spacial score (nSPS) is 9.80. The van der Waals surface area contributed by atoms with Crippen molar-refractivity contribution in [3.05, 3.63) is 71.1 Å². The maximum Gasteiger partial charge on any atom is 0.254 e. The largest absolute Gasteiger partial charge is 0.322 e. The molecule has 3 nitrogen and oxygen atoms in total. The minimum absolute atomic E-state index is 0.196. The zero-order valence-electron chi connectivity index (χ0n) is 11.4. The third kappa shape index (κ3) is 3.46. The van der Waals surface area contributed by atoms with Crippen LogP contribution in [0.3, 0.4) is 0 Å². The summed E-state index contributed by atoms with van der Waals surface area (Å²) in [5.41, 5.74) is 3.00. The molecule has 1 N–H and O–H groups in total. The van der Waals surface area contributed by atoms with E-state index in [2.05, 4.69) is 17.1 Å². The molecule has 0 saturated heterocycles. The number of benzene rings is 2. The summed E-state index contributed by atoms with van der Waals surface area (Å²) in [5, 5.41) is 2.84. The molecule has 2 aromatic rings. The maximum atomic E-state index is 12.1. The van der Waals surface area contributed by atoms with Gasteiger partial charge in [0.25, 0.3) is 5.91 Å². The first-order chi connectivity index (χ1) is 9.72. The Bertz CT molecular complexity index is 639. The van der Waals surface area contributed by atoms with Crippen LogP contribution in [0.2, 0.25) is 0 Å². The van der Waals surface area contributed by atoms with E-state index in [4.69, 9.17) is 6.57 Å². The fraction of sp³-hybridized carbons (Fsp3) is 0.176. The second-order valence-electron chi connectivity index (χ2n) is 4.56. The molecule has 2 aromatic carbocycles. The lowest BCUT2D eigenvalue weighted by Crippen LogP contribution is -2.11. The molecule has 0 heterocycles. The van der Waals surface area contributed by atoms with Gasteiger partial charge in [-0.2, -0.15) is 0 Å². The third-order valence-corrected chi connectivity index (χ3v) is 2.99. The standard InChI is InChI=1S/C17H16N2O/c1-3-5-13-8-10-15(11-9-13)19-17(20)14-6-4-7-16(12-14)18-2/h4,6-12H,3,5H2,1H3,(H,19,20). The molecule has 0 radical (unpaired) electrons. The first-order valence-corrected chi connectivity index (χ1v) is 6.60. The maximum absolute atomic E-state index is 12.1. The zero-order chi connectivity index (χ0) is 14.4. The highest BCUT2D eigenvalue weighted by atomic mass is 16.1. The van der Waals surface area contributed by atoms with Gasteiger partial charge in [-0.1, -0.05) is 43.7 Å². The molecule has 0 aliphatic carbocycles. The van der Waals surface area contributed by atoms with E-state index in [1.54, 1.807) is 24.3 Å². The van der Waals surface area contributed by atoms with Crippen LogP contribution in [0.4, 0.5) is 11.4 Å². The number of anilines is 1. The predicted molar refractivity (Wildman–Crippen MR) is 81.1 cm³/mol. The summed E-state index contributed by atoms with van der Waals surface area (Å²) < 4.78 is 0. The Kier molecular flexibility index (Phi) is 4.52. The number of carbonyl (C=O) groups excluding carboxylic acids is 1. The Morgan fingerprint density at radius 2 is 1.95 bits per heavy atom. The monoisotopic (exact) mass is 264 g/mol. The van der Waals surface area contributed by atoms with Gasteiger partial charge in [-0.15, -0.1) is 0 Å². The third-order valence-electron chi connectivity index (χ3n) is 2.99. The molecule has 1 amide bonds. The highest BCUT2D eigenvalue weighted by molar-refractivity contribution is 6.04. The van der Waals surface area contributed by atoms with Gasteiger partial charge < -0.3 is 5.32 Å². The van der Waals surface area contributed by atoms with Crippen molar-refractivity contribution in [2.45, 2.75) is 19.8 Å². The fourth-order valence-electron chi connectivity index (χ4n) is 1.96. The van der Waals surface area contributed by atoms with Gasteiger partial charge in [-0.05, 0) is 30.2 Å². The first-order valence-electron chi connectivity index (χ1n) is 6.60. The Hall–Kier alpha value is -2.60. The zero-order valence-corrected chi connectivity index (χ0v) is 11.4. The van der Waals surface area contributed by atoms with Crippen molar-refractivity contribution < 1.29 is 4.79 Å². The minimum atomic E-state index is -0.196. The SMILES string of the molecule is [C-]#[N+]c1cccc(C(=O)Nc2ccc(CCC)cc2)c1. The van der Waals surface area contributed by atoms with E-state index in [1.807, 2.05) is 24.3 Å². The molecule has 0 aliphatic heterocycles. The predicted octanol–water partition coefficient (Wildman–Crippen LogP) is 4.44. The Morgan fingerprint density at radius 1 is 1.20 bits per heavy atom. The smallest absolute Gasteiger partial charge is 0.254 e. The van der Waals surface area contributed by atoms with Crippen molar-refractivity contribution in [1.82, 2.24) is 0 Å². The molecule has 0 aliphatic rings. The summed E-state index contributed by atoms with van der Waals surface area (Å²) in [6, 6.07) is 14.5. The van der Waals surface area contributed by atoms with Crippen LogP contribution in [0.5, 0.6) is 0 Å². The van der Waals surface area contributed by atoms with Gasteiger partial charge in [-0.25, -0.2) is 4.85 Å². The first kappa shape index (κ1) is 13.8. The van der Waals surface area contributed by atoms with Gasteiger partial charge in [0.05, 0.1) is 6.57 Å². The van der Waals surface area contributed by atoms with E-state index in [9.17, 15) is 4.79 Å². The highest BCUT2D eigenvalue weighted by Crippen LogP contribution is 2.16. The molecule has 0 aromatic heterocycles. The van der Waals surface area contributed by atoms with Crippen molar-refractivity contribution in [2.24, 2.45) is 0 Å². The molecular formula is C17H16N2O. The van der Waals surface area contributed by atoms with Gasteiger partial charge in [-0.3, -0.25) is 4.79 Å². The average molecular weight is 264 g/mol. The van der Waals surface area contributed by atoms with Crippen molar-refractivity contribution in [3.63, 3.8) is 0 Å². The minimum Gasteiger partial charge on any atom is -0.322 e. The van der Waals surface area contributed by atoms with Gasteiger partial charge in [0.15, 0.2) is 5.69 Å². The molecule has 3 heteroatoms. The van der Waals surface area contributed by atoms with Crippen LogP contribution in [0.25, 0.3) is 4.85 Å². The van der Waals surface area contributed by atoms with Gasteiger partial charge in [0, 0.05) is 11.3 Å². The van der Waals surface area contributed by atoms with E-state index in [1.165, 1.54) is 5.56 Å². The van der Waals surface area contributed by atoms with Gasteiger partial charge >= 0.3 is 0 Å². The molecule has 0 atom stereocenters. The van der Waals surface area contributed by atoms with Gasteiger partial charge in [0.2, 0.25) is 0 Å². The second kappa shape index (κ2) is 6.53. The van der Waals surface area contributed by atoms with E-state index < -0.39 is 0 Å². The number of carbonyl (C=O) groups is 1. The summed E-state index contributed by atoms with van der Waals surface area (Å²) in [7, 11) is 0. The lowest BCUT2D eigenvalue weighted by atomic mass is 10.1. The van der Waals surface area contributed by atoms with E-state index in [0.717, 1.165) is 18.5 Å². The van der Waals surface area contributed by atoms with Crippen LogP contribution < -0.4 is 5.32 Å². The lowest BCUT2D eigenvalue weighted by molar-refractivity contribution is 0.102.